The summed E-state index contributed by atoms with van der Waals surface area (Å²) in [7, 11) is 0. The van der Waals surface area contributed by atoms with Crippen LogP contribution in [0.1, 0.15) is 36.4 Å². The minimum absolute atomic E-state index is 0.526. The molecule has 92 valence electrons. The van der Waals surface area contributed by atoms with Crippen LogP contribution in [0, 0.1) is 0 Å². The van der Waals surface area contributed by atoms with Gasteiger partial charge in [-0.15, -0.1) is 11.3 Å². The van der Waals surface area contributed by atoms with Gasteiger partial charge in [-0.25, -0.2) is 4.98 Å². The Morgan fingerprint density at radius 3 is 2.78 bits per heavy atom. The molecule has 3 heteroatoms. The van der Waals surface area contributed by atoms with E-state index in [9.17, 15) is 0 Å². The number of benzene rings is 1. The van der Waals surface area contributed by atoms with Crippen molar-refractivity contribution in [3.05, 3.63) is 53.0 Å². The number of nitrogens with two attached hydrogens (primary N) is 1. The monoisotopic (exact) mass is 256 g/mol. The molecule has 1 heterocycles. The van der Waals surface area contributed by atoms with E-state index in [2.05, 4.69) is 46.8 Å². The van der Waals surface area contributed by atoms with Crippen LogP contribution in [0.15, 0.2) is 41.8 Å². The van der Waals surface area contributed by atoms with Crippen LogP contribution in [0.5, 0.6) is 0 Å². The largest absolute Gasteiger partial charge is 0.375 e. The first-order valence-corrected chi connectivity index (χ1v) is 7.18. The Kier molecular flexibility index (Phi) is 3.15. The molecule has 1 aliphatic carbocycles. The van der Waals surface area contributed by atoms with E-state index in [1.807, 2.05) is 0 Å². The second-order valence-corrected chi connectivity index (χ2v) is 5.56. The highest BCUT2D eigenvalue weighted by molar-refractivity contribution is 7.13. The summed E-state index contributed by atoms with van der Waals surface area (Å²) in [6, 6.07) is 10.7. The van der Waals surface area contributed by atoms with Crippen LogP contribution < -0.4 is 5.73 Å². The minimum atomic E-state index is 0.526. The number of hydrogen-bond donors (Lipinski definition) is 1. The van der Waals surface area contributed by atoms with Gasteiger partial charge < -0.3 is 5.73 Å². The molecule has 0 radical (unpaired) electrons. The predicted octanol–water partition coefficient (Wildman–Crippen LogP) is 4.08. The normalized spacial score (nSPS) is 19.6. The summed E-state index contributed by atoms with van der Waals surface area (Å²) < 4.78 is 0. The fraction of sp³-hybridized carbons (Fsp3) is 0.267. The van der Waals surface area contributed by atoms with Gasteiger partial charge in [-0.1, -0.05) is 36.4 Å². The molecule has 0 amide bonds. The van der Waals surface area contributed by atoms with Crippen molar-refractivity contribution < 1.29 is 0 Å². The van der Waals surface area contributed by atoms with E-state index in [1.54, 1.807) is 0 Å². The molecule has 0 saturated carbocycles. The van der Waals surface area contributed by atoms with Gasteiger partial charge in [0.1, 0.15) is 0 Å². The standard InChI is InChI=1S/C15H16N2S/c16-15-17-14(10-18-15)13-8-4-7-12(9-13)11-5-2-1-3-6-11/h1-3,5-6,9-10,12H,4,7-8H2,(H2,16,17). The molecule has 1 unspecified atom stereocenters. The summed E-state index contributed by atoms with van der Waals surface area (Å²) in [5.74, 6) is 0.526. The Balaban J connectivity index is 1.90. The van der Waals surface area contributed by atoms with Crippen molar-refractivity contribution in [1.29, 1.82) is 0 Å². The van der Waals surface area contributed by atoms with Crippen molar-refractivity contribution in [2.45, 2.75) is 25.2 Å². The third-order valence-corrected chi connectivity index (χ3v) is 4.12. The van der Waals surface area contributed by atoms with E-state index in [4.69, 9.17) is 5.73 Å². The van der Waals surface area contributed by atoms with Crippen LogP contribution in [0.3, 0.4) is 0 Å². The zero-order chi connectivity index (χ0) is 12.4. The van der Waals surface area contributed by atoms with Crippen molar-refractivity contribution in [3.63, 3.8) is 0 Å². The highest BCUT2D eigenvalue weighted by Gasteiger charge is 2.17. The zero-order valence-electron chi connectivity index (χ0n) is 10.2. The highest BCUT2D eigenvalue weighted by atomic mass is 32.1. The molecule has 0 fully saturated rings. The van der Waals surface area contributed by atoms with Gasteiger partial charge in [0.2, 0.25) is 0 Å². The molecular formula is C15H16N2S. The number of thiazole rings is 1. The van der Waals surface area contributed by atoms with Crippen LogP contribution in [-0.4, -0.2) is 4.98 Å². The van der Waals surface area contributed by atoms with Crippen molar-refractivity contribution in [2.75, 3.05) is 5.73 Å². The van der Waals surface area contributed by atoms with Gasteiger partial charge in [0, 0.05) is 11.3 Å². The average Bonchev–Trinajstić information content (AvgIpc) is 2.87. The van der Waals surface area contributed by atoms with Crippen LogP contribution in [0.25, 0.3) is 5.57 Å². The van der Waals surface area contributed by atoms with E-state index in [0.717, 1.165) is 12.1 Å². The number of nitrogens with zero attached hydrogens (tertiary/aromatic N) is 1. The molecule has 1 aromatic heterocycles. The smallest absolute Gasteiger partial charge is 0.180 e. The Morgan fingerprint density at radius 1 is 1.22 bits per heavy atom. The van der Waals surface area contributed by atoms with E-state index in [0.29, 0.717) is 11.0 Å². The molecule has 3 rings (SSSR count). The maximum atomic E-state index is 5.71. The summed E-state index contributed by atoms with van der Waals surface area (Å²) in [5, 5.41) is 2.72. The summed E-state index contributed by atoms with van der Waals surface area (Å²) in [5.41, 5.74) is 9.53. The molecule has 2 N–H and O–H groups in total. The van der Waals surface area contributed by atoms with Crippen LogP contribution in [0.2, 0.25) is 0 Å². The number of rotatable bonds is 2. The second-order valence-electron chi connectivity index (χ2n) is 4.67. The molecule has 1 atom stereocenters. The quantitative estimate of drug-likeness (QED) is 0.879. The molecule has 0 saturated heterocycles. The Labute approximate surface area is 111 Å². The Morgan fingerprint density at radius 2 is 2.06 bits per heavy atom. The third kappa shape index (κ3) is 2.31. The fourth-order valence-electron chi connectivity index (χ4n) is 2.53. The van der Waals surface area contributed by atoms with Crippen molar-refractivity contribution >= 4 is 22.0 Å². The lowest BCUT2D eigenvalue weighted by molar-refractivity contribution is 0.663. The highest BCUT2D eigenvalue weighted by Crippen LogP contribution is 2.35. The van der Waals surface area contributed by atoms with Gasteiger partial charge in [-0.05, 0) is 30.4 Å². The summed E-state index contributed by atoms with van der Waals surface area (Å²) in [6.07, 6.45) is 5.94. The number of hydrogen-bond acceptors (Lipinski definition) is 3. The number of anilines is 1. The molecule has 2 nitrogen and oxygen atoms in total. The van der Waals surface area contributed by atoms with Crippen LogP contribution in [0.4, 0.5) is 5.13 Å². The predicted molar refractivity (Wildman–Crippen MR) is 77.5 cm³/mol. The fourth-order valence-corrected chi connectivity index (χ4v) is 3.12. The molecule has 1 aliphatic rings. The zero-order valence-corrected chi connectivity index (χ0v) is 11.0. The van der Waals surface area contributed by atoms with Gasteiger partial charge in [0.25, 0.3) is 0 Å². The van der Waals surface area contributed by atoms with Gasteiger partial charge in [-0.2, -0.15) is 0 Å². The average molecular weight is 256 g/mol. The number of nitrogen functional groups attached to an aromatic ring is 1. The lowest BCUT2D eigenvalue weighted by atomic mass is 9.85. The summed E-state index contributed by atoms with van der Waals surface area (Å²) in [6.45, 7) is 0. The van der Waals surface area contributed by atoms with Crippen molar-refractivity contribution in [3.8, 4) is 0 Å². The van der Waals surface area contributed by atoms with Crippen molar-refractivity contribution in [2.24, 2.45) is 0 Å². The minimum Gasteiger partial charge on any atom is -0.375 e. The first-order chi connectivity index (χ1) is 8.83. The molecule has 1 aromatic carbocycles. The first-order valence-electron chi connectivity index (χ1n) is 6.30. The first kappa shape index (κ1) is 11.5. The SMILES string of the molecule is Nc1nc(C2=CC(c3ccccc3)CCC2)cs1. The lowest BCUT2D eigenvalue weighted by Gasteiger charge is -2.20. The summed E-state index contributed by atoms with van der Waals surface area (Å²) >= 11 is 1.52. The maximum Gasteiger partial charge on any atom is 0.180 e. The van der Waals surface area contributed by atoms with Gasteiger partial charge >= 0.3 is 0 Å². The van der Waals surface area contributed by atoms with E-state index < -0.39 is 0 Å². The molecule has 0 aliphatic heterocycles. The van der Waals surface area contributed by atoms with E-state index in [1.165, 1.54) is 35.3 Å². The number of allylic oxidation sites excluding steroid dienone is 2. The topological polar surface area (TPSA) is 38.9 Å². The maximum absolute atomic E-state index is 5.71. The van der Waals surface area contributed by atoms with Gasteiger partial charge in [0.15, 0.2) is 5.13 Å². The Bertz CT molecular complexity index is 557. The molecule has 2 aromatic rings. The van der Waals surface area contributed by atoms with Gasteiger partial charge in [0.05, 0.1) is 5.69 Å². The van der Waals surface area contributed by atoms with Crippen molar-refractivity contribution in [1.82, 2.24) is 4.98 Å². The lowest BCUT2D eigenvalue weighted by Crippen LogP contribution is -2.03. The molecule has 0 bridgehead atoms. The van der Waals surface area contributed by atoms with E-state index in [-0.39, 0.29) is 0 Å². The van der Waals surface area contributed by atoms with Crippen LogP contribution in [-0.2, 0) is 0 Å². The number of aromatic nitrogens is 1. The van der Waals surface area contributed by atoms with Gasteiger partial charge in [-0.3, -0.25) is 0 Å². The molecular weight excluding hydrogens is 240 g/mol. The molecule has 18 heavy (non-hydrogen) atoms. The summed E-state index contributed by atoms with van der Waals surface area (Å²) in [4.78, 5) is 4.39. The van der Waals surface area contributed by atoms with Crippen LogP contribution >= 0.6 is 11.3 Å². The van der Waals surface area contributed by atoms with E-state index >= 15 is 0 Å². The molecule has 0 spiro atoms. The second kappa shape index (κ2) is 4.94. The third-order valence-electron chi connectivity index (χ3n) is 3.44. The Hall–Kier alpha value is -1.61.